The predicted molar refractivity (Wildman–Crippen MR) is 99.7 cm³/mol. The number of hydrogen-bond acceptors (Lipinski definition) is 3. The Morgan fingerprint density at radius 2 is 1.81 bits per heavy atom. The van der Waals surface area contributed by atoms with Gasteiger partial charge in [0.2, 0.25) is 5.91 Å². The number of anilines is 1. The van der Waals surface area contributed by atoms with E-state index in [1.807, 2.05) is 30.3 Å². The maximum absolute atomic E-state index is 12.9. The molecule has 1 aromatic rings. The van der Waals surface area contributed by atoms with Crippen molar-refractivity contribution in [2.75, 3.05) is 18.0 Å². The molecule has 2 aliphatic rings. The maximum Gasteiger partial charge on any atom is 0.325 e. The molecule has 0 bridgehead atoms. The summed E-state index contributed by atoms with van der Waals surface area (Å²) in [5, 5.41) is 2.87. The first-order valence-corrected chi connectivity index (χ1v) is 9.18. The molecule has 6 heteroatoms. The Morgan fingerprint density at radius 3 is 2.42 bits per heavy atom. The number of rotatable bonds is 5. The van der Waals surface area contributed by atoms with E-state index in [0.29, 0.717) is 25.1 Å². The van der Waals surface area contributed by atoms with Gasteiger partial charge >= 0.3 is 6.03 Å². The lowest BCUT2D eigenvalue weighted by Crippen LogP contribution is -2.47. The van der Waals surface area contributed by atoms with Crippen LogP contribution < -0.4 is 10.2 Å². The second-order valence-corrected chi connectivity index (χ2v) is 6.95. The van der Waals surface area contributed by atoms with Crippen molar-refractivity contribution in [3.8, 4) is 0 Å². The van der Waals surface area contributed by atoms with Crippen LogP contribution in [0.5, 0.6) is 0 Å². The summed E-state index contributed by atoms with van der Waals surface area (Å²) in [5.41, 5.74) is -0.0993. The second kappa shape index (κ2) is 7.72. The summed E-state index contributed by atoms with van der Waals surface area (Å²) in [6.07, 6.45) is 6.91. The van der Waals surface area contributed by atoms with Crippen LogP contribution in [0.15, 0.2) is 43.0 Å². The fourth-order valence-electron chi connectivity index (χ4n) is 3.80. The summed E-state index contributed by atoms with van der Waals surface area (Å²) < 4.78 is 0. The van der Waals surface area contributed by atoms with Gasteiger partial charge in [-0.3, -0.25) is 14.5 Å². The molecule has 0 atom stereocenters. The zero-order valence-corrected chi connectivity index (χ0v) is 14.9. The zero-order chi connectivity index (χ0) is 18.6. The number of para-hydroxylation sites is 1. The summed E-state index contributed by atoms with van der Waals surface area (Å²) in [6.45, 7) is 3.76. The smallest absolute Gasteiger partial charge is 0.323 e. The molecular formula is C20H25N3O3. The third-order valence-electron chi connectivity index (χ3n) is 5.18. The molecule has 6 nitrogen and oxygen atoms in total. The summed E-state index contributed by atoms with van der Waals surface area (Å²) in [7, 11) is 0. The van der Waals surface area contributed by atoms with E-state index >= 15 is 0 Å². The highest BCUT2D eigenvalue weighted by molar-refractivity contribution is 6.10. The van der Waals surface area contributed by atoms with E-state index in [1.165, 1.54) is 4.90 Å². The number of urea groups is 1. The van der Waals surface area contributed by atoms with Crippen molar-refractivity contribution < 1.29 is 14.4 Å². The van der Waals surface area contributed by atoms with Gasteiger partial charge in [-0.1, -0.05) is 50.0 Å². The molecule has 0 unspecified atom stereocenters. The highest BCUT2D eigenvalue weighted by Gasteiger charge is 2.51. The quantitative estimate of drug-likeness (QED) is 0.652. The van der Waals surface area contributed by atoms with Crippen LogP contribution in [-0.4, -0.2) is 41.4 Å². The first kappa shape index (κ1) is 18.2. The summed E-state index contributed by atoms with van der Waals surface area (Å²) in [5.74, 6) is -0.561. The Bertz CT molecular complexity index is 694. The molecule has 1 aliphatic carbocycles. The van der Waals surface area contributed by atoms with Crippen LogP contribution in [0.1, 0.15) is 38.5 Å². The first-order chi connectivity index (χ1) is 12.6. The van der Waals surface area contributed by atoms with Gasteiger partial charge in [0.15, 0.2) is 0 Å². The molecule has 1 spiro atoms. The molecule has 1 aromatic carbocycles. The number of carbonyl (C=O) groups is 3. The molecule has 3 rings (SSSR count). The summed E-state index contributed by atoms with van der Waals surface area (Å²) >= 11 is 0. The minimum Gasteiger partial charge on any atom is -0.323 e. The molecule has 1 heterocycles. The van der Waals surface area contributed by atoms with Crippen molar-refractivity contribution in [1.82, 2.24) is 10.2 Å². The molecule has 0 radical (unpaired) electrons. The van der Waals surface area contributed by atoms with Gasteiger partial charge in [0.25, 0.3) is 5.91 Å². The van der Waals surface area contributed by atoms with Crippen LogP contribution in [0.2, 0.25) is 0 Å². The number of nitrogens with one attached hydrogen (secondary N) is 1. The number of carbonyl (C=O) groups excluding carboxylic acids is 3. The average molecular weight is 355 g/mol. The Labute approximate surface area is 153 Å². The Morgan fingerprint density at radius 1 is 1.15 bits per heavy atom. The zero-order valence-electron chi connectivity index (χ0n) is 14.9. The monoisotopic (exact) mass is 355 g/mol. The lowest BCUT2D eigenvalue weighted by atomic mass is 9.90. The lowest BCUT2D eigenvalue weighted by Gasteiger charge is -2.26. The van der Waals surface area contributed by atoms with Crippen LogP contribution in [0, 0.1) is 0 Å². The van der Waals surface area contributed by atoms with Gasteiger partial charge in [-0.05, 0) is 25.0 Å². The van der Waals surface area contributed by atoms with E-state index in [-0.39, 0.29) is 18.4 Å². The molecule has 138 valence electrons. The van der Waals surface area contributed by atoms with Crippen molar-refractivity contribution >= 4 is 23.5 Å². The van der Waals surface area contributed by atoms with Crippen LogP contribution in [0.3, 0.4) is 0 Å². The molecular weight excluding hydrogens is 330 g/mol. The number of benzene rings is 1. The maximum atomic E-state index is 12.9. The van der Waals surface area contributed by atoms with E-state index in [2.05, 4.69) is 11.9 Å². The van der Waals surface area contributed by atoms with Crippen LogP contribution in [0.4, 0.5) is 10.5 Å². The average Bonchev–Trinajstić information content (AvgIpc) is 2.82. The van der Waals surface area contributed by atoms with Crippen molar-refractivity contribution in [3.05, 3.63) is 43.0 Å². The largest absolute Gasteiger partial charge is 0.325 e. The van der Waals surface area contributed by atoms with Crippen LogP contribution >= 0.6 is 0 Å². The van der Waals surface area contributed by atoms with E-state index in [9.17, 15) is 14.4 Å². The molecule has 1 saturated heterocycles. The minimum atomic E-state index is -0.816. The SMILES string of the molecule is C=CCN(C(=O)CN1C(=O)NC2(CCCCCC2)C1=O)c1ccccc1. The number of imide groups is 1. The number of hydrogen-bond donors (Lipinski definition) is 1. The third kappa shape index (κ3) is 3.49. The topological polar surface area (TPSA) is 69.7 Å². The van der Waals surface area contributed by atoms with Gasteiger partial charge in [-0.2, -0.15) is 0 Å². The van der Waals surface area contributed by atoms with E-state index in [4.69, 9.17) is 0 Å². The van der Waals surface area contributed by atoms with Crippen LogP contribution in [0.25, 0.3) is 0 Å². The molecule has 1 N–H and O–H groups in total. The molecule has 1 saturated carbocycles. The van der Waals surface area contributed by atoms with Gasteiger partial charge in [0.05, 0.1) is 0 Å². The van der Waals surface area contributed by atoms with Gasteiger partial charge in [0, 0.05) is 12.2 Å². The highest BCUT2D eigenvalue weighted by atomic mass is 16.2. The van der Waals surface area contributed by atoms with Gasteiger partial charge < -0.3 is 10.2 Å². The standard InChI is InChI=1S/C20H25N3O3/c1-2-14-22(16-10-6-5-7-11-16)17(24)15-23-18(25)20(21-19(23)26)12-8-3-4-9-13-20/h2,5-7,10-11H,1,3-4,8-9,12-15H2,(H,21,26). The fourth-order valence-corrected chi connectivity index (χ4v) is 3.80. The Balaban J connectivity index is 1.76. The number of amides is 4. The van der Waals surface area contributed by atoms with Crippen molar-refractivity contribution in [2.45, 2.75) is 44.1 Å². The van der Waals surface area contributed by atoms with Gasteiger partial charge in [0.1, 0.15) is 12.1 Å². The molecule has 2 fully saturated rings. The number of nitrogens with zero attached hydrogens (tertiary/aromatic N) is 2. The lowest BCUT2D eigenvalue weighted by molar-refractivity contribution is -0.134. The van der Waals surface area contributed by atoms with Gasteiger partial charge in [-0.25, -0.2) is 4.79 Å². The van der Waals surface area contributed by atoms with E-state index < -0.39 is 11.6 Å². The molecule has 1 aliphatic heterocycles. The summed E-state index contributed by atoms with van der Waals surface area (Å²) in [4.78, 5) is 40.8. The third-order valence-corrected chi connectivity index (χ3v) is 5.18. The minimum absolute atomic E-state index is 0.255. The van der Waals surface area contributed by atoms with Crippen molar-refractivity contribution in [3.63, 3.8) is 0 Å². The molecule has 0 aromatic heterocycles. The molecule has 4 amide bonds. The second-order valence-electron chi connectivity index (χ2n) is 6.95. The van der Waals surface area contributed by atoms with Crippen molar-refractivity contribution in [2.24, 2.45) is 0 Å². The van der Waals surface area contributed by atoms with Crippen LogP contribution in [-0.2, 0) is 9.59 Å². The van der Waals surface area contributed by atoms with Crippen molar-refractivity contribution in [1.29, 1.82) is 0 Å². The van der Waals surface area contributed by atoms with E-state index in [1.54, 1.807) is 6.08 Å². The normalized spacial score (nSPS) is 19.2. The molecule has 26 heavy (non-hydrogen) atoms. The summed E-state index contributed by atoms with van der Waals surface area (Å²) in [6, 6.07) is 8.73. The van der Waals surface area contributed by atoms with Gasteiger partial charge in [-0.15, -0.1) is 6.58 Å². The van der Waals surface area contributed by atoms with E-state index in [0.717, 1.165) is 30.6 Å². The predicted octanol–water partition coefficient (Wildman–Crippen LogP) is 2.85. The fraction of sp³-hybridized carbons (Fsp3) is 0.450. The highest BCUT2D eigenvalue weighted by Crippen LogP contribution is 2.32. The Kier molecular flexibility index (Phi) is 5.40. The first-order valence-electron chi connectivity index (χ1n) is 9.18. The Hall–Kier alpha value is -2.63.